The lowest BCUT2D eigenvalue weighted by Crippen LogP contribution is -2.49. The fourth-order valence-corrected chi connectivity index (χ4v) is 15.1. The monoisotopic (exact) mass is 1230 g/mol. The minimum Gasteiger partial charge on any atom is -0.355 e. The summed E-state index contributed by atoms with van der Waals surface area (Å²) in [6.07, 6.45) is 3.99. The maximum absolute atomic E-state index is 15.9. The first-order valence-electron chi connectivity index (χ1n) is 30.0. The lowest BCUT2D eigenvalue weighted by atomic mass is 9.62. The molecule has 4 aromatic rings. The number of hydrogen-bond donors (Lipinski definition) is 5. The highest BCUT2D eigenvalue weighted by atomic mass is 35.5. The largest absolute Gasteiger partial charge is 0.355 e. The number of hydrogen-bond acceptors (Lipinski definition) is 10. The smallest absolute Gasteiger partial charge is 0.237 e. The van der Waals surface area contributed by atoms with E-state index in [0.717, 1.165) is 90.3 Å². The van der Waals surface area contributed by atoms with Gasteiger partial charge in [0.15, 0.2) is 0 Å². The molecule has 2 spiro atoms. The summed E-state index contributed by atoms with van der Waals surface area (Å²) in [4.78, 5) is 66.2. The number of amides is 3. The first kappa shape index (κ1) is 64.2. The number of nitrogens with one attached hydrogen (secondary N) is 5. The number of carbonyl (C=O) groups excluding carboxylic acids is 4. The van der Waals surface area contributed by atoms with E-state index in [4.69, 9.17) is 46.4 Å². The Morgan fingerprint density at radius 2 is 1.08 bits per heavy atom. The van der Waals surface area contributed by atoms with Gasteiger partial charge in [-0.3, -0.25) is 24.1 Å². The highest BCUT2D eigenvalue weighted by Gasteiger charge is 2.67. The van der Waals surface area contributed by atoms with Crippen molar-refractivity contribution in [1.82, 2.24) is 35.6 Å². The first-order valence-corrected chi connectivity index (χ1v) is 31.6. The van der Waals surface area contributed by atoms with Gasteiger partial charge < -0.3 is 41.3 Å². The lowest BCUT2D eigenvalue weighted by Gasteiger charge is -2.37. The van der Waals surface area contributed by atoms with Gasteiger partial charge in [-0.05, 0) is 136 Å². The fourth-order valence-electron chi connectivity index (χ4n) is 14.3. The minimum atomic E-state index is -1.25. The zero-order valence-corrected chi connectivity index (χ0v) is 53.2. The third-order valence-corrected chi connectivity index (χ3v) is 19.4. The van der Waals surface area contributed by atoms with E-state index < -0.39 is 58.5 Å². The van der Waals surface area contributed by atoms with Crippen LogP contribution in [0.2, 0.25) is 20.1 Å². The molecule has 13 nitrogen and oxygen atoms in total. The number of ketones is 1. The van der Waals surface area contributed by atoms with Gasteiger partial charge in [-0.15, -0.1) is 0 Å². The summed E-state index contributed by atoms with van der Waals surface area (Å²) in [5, 5.41) is 17.2. The van der Waals surface area contributed by atoms with Gasteiger partial charge in [0.05, 0.1) is 22.1 Å². The van der Waals surface area contributed by atoms with Gasteiger partial charge >= 0.3 is 0 Å². The second kappa shape index (κ2) is 26.2. The molecule has 5 N–H and O–H groups in total. The molecule has 6 heterocycles. The van der Waals surface area contributed by atoms with Gasteiger partial charge in [0.2, 0.25) is 17.7 Å². The Balaban J connectivity index is 0.000000202. The van der Waals surface area contributed by atoms with Crippen molar-refractivity contribution in [2.24, 2.45) is 10.8 Å². The maximum Gasteiger partial charge on any atom is 0.237 e. The predicted octanol–water partition coefficient (Wildman–Crippen LogP) is 11.3. The van der Waals surface area contributed by atoms with Gasteiger partial charge in [-0.1, -0.05) is 124 Å². The lowest BCUT2D eigenvalue weighted by molar-refractivity contribution is -0.125. The zero-order chi connectivity index (χ0) is 60.6. The molecular formula is C65H85Cl4F2N9O4. The Morgan fingerprint density at radius 3 is 1.56 bits per heavy atom. The first-order chi connectivity index (χ1) is 39.7. The summed E-state index contributed by atoms with van der Waals surface area (Å²) in [5.74, 6) is -3.58. The van der Waals surface area contributed by atoms with E-state index in [1.54, 1.807) is 48.5 Å². The number of likely N-dealkylation sites (N-methyl/N-ethyl adjacent to an activating group) is 1. The molecule has 456 valence electrons. The van der Waals surface area contributed by atoms with E-state index in [-0.39, 0.29) is 55.5 Å². The number of benzene rings is 4. The van der Waals surface area contributed by atoms with Crippen molar-refractivity contribution in [2.45, 2.75) is 147 Å². The normalized spacial score (nSPS) is 26.6. The summed E-state index contributed by atoms with van der Waals surface area (Å²) in [6, 6.07) is 18.4. The second-order valence-electron chi connectivity index (χ2n) is 26.9. The molecule has 10 rings (SSSR count). The topological polar surface area (TPSA) is 141 Å². The summed E-state index contributed by atoms with van der Waals surface area (Å²) < 4.78 is 31.8. The van der Waals surface area contributed by atoms with Crippen LogP contribution in [-0.2, 0) is 30.0 Å². The van der Waals surface area contributed by atoms with Crippen molar-refractivity contribution in [3.05, 3.63) is 127 Å². The van der Waals surface area contributed by atoms with E-state index in [9.17, 15) is 19.2 Å². The van der Waals surface area contributed by atoms with Crippen LogP contribution < -0.4 is 26.6 Å². The van der Waals surface area contributed by atoms with Crippen LogP contribution >= 0.6 is 46.4 Å². The molecule has 4 fully saturated rings. The number of anilines is 2. The molecule has 4 aromatic carbocycles. The van der Waals surface area contributed by atoms with Crippen molar-refractivity contribution in [1.29, 1.82) is 0 Å². The van der Waals surface area contributed by atoms with Crippen LogP contribution in [0.1, 0.15) is 128 Å². The molecule has 6 aliphatic rings. The van der Waals surface area contributed by atoms with E-state index in [1.807, 2.05) is 12.1 Å². The number of carbonyl (C=O) groups is 4. The maximum atomic E-state index is 15.9. The SMILES string of the molecule is CC(C)N1CCN(CCCNC(=O)[C@@H]2N[C@H](CC(C)(C)C)[C@]3(C(=O)Nc4cc(Cl)ccc43)[C@H]2c2cccc(Cl)c2F)CC1.CN1CCN(CCCCC(=O)[C@@H]2N[C@H](CC(C)(C)C)[C@]3(C(=O)Nc4cc(Cl)ccc43)[C@H]2c2cccc(Cl)c2F)CC1. The summed E-state index contributed by atoms with van der Waals surface area (Å²) >= 11 is 25.2. The van der Waals surface area contributed by atoms with Gasteiger partial charge in [-0.2, -0.15) is 0 Å². The summed E-state index contributed by atoms with van der Waals surface area (Å²) in [7, 11) is 2.14. The molecule has 0 saturated carbocycles. The highest BCUT2D eigenvalue weighted by molar-refractivity contribution is 6.32. The third-order valence-electron chi connectivity index (χ3n) is 18.3. The van der Waals surface area contributed by atoms with Crippen molar-refractivity contribution >= 4 is 81.3 Å². The number of fused-ring (bicyclic) bond motifs is 4. The molecule has 19 heteroatoms. The quantitative estimate of drug-likeness (QED) is 0.0689. The second-order valence-corrected chi connectivity index (χ2v) is 28.6. The molecule has 0 unspecified atom stereocenters. The van der Waals surface area contributed by atoms with Crippen molar-refractivity contribution in [3.8, 4) is 0 Å². The number of Topliss-reactive ketones (excluding diaryl/α,β-unsaturated/α-hetero) is 1. The van der Waals surface area contributed by atoms with Gasteiger partial charge in [0, 0.05) is 117 Å². The summed E-state index contributed by atoms with van der Waals surface area (Å²) in [5.41, 5.74) is 0.357. The molecule has 8 atom stereocenters. The van der Waals surface area contributed by atoms with Gasteiger partial charge in [0.1, 0.15) is 28.2 Å². The molecule has 0 radical (unpaired) electrons. The predicted molar refractivity (Wildman–Crippen MR) is 335 cm³/mol. The van der Waals surface area contributed by atoms with Crippen LogP contribution in [0.3, 0.4) is 0 Å². The van der Waals surface area contributed by atoms with Crippen molar-refractivity contribution in [2.75, 3.05) is 89.7 Å². The van der Waals surface area contributed by atoms with Crippen molar-refractivity contribution in [3.63, 3.8) is 0 Å². The molecule has 0 bridgehead atoms. The molecule has 0 aromatic heterocycles. The molecule has 0 aliphatic carbocycles. The Morgan fingerprint density at radius 1 is 0.631 bits per heavy atom. The number of rotatable bonds is 16. The average Bonchev–Trinajstić information content (AvgIpc) is 1.62. The van der Waals surface area contributed by atoms with Gasteiger partial charge in [0.25, 0.3) is 0 Å². The van der Waals surface area contributed by atoms with E-state index in [2.05, 4.69) is 109 Å². The Bertz CT molecular complexity index is 3070. The molecule has 4 saturated heterocycles. The van der Waals surface area contributed by atoms with Crippen molar-refractivity contribution < 1.29 is 28.0 Å². The number of halogens is 6. The van der Waals surface area contributed by atoms with Crippen LogP contribution in [-0.4, -0.2) is 152 Å². The van der Waals surface area contributed by atoms with Crippen LogP contribution in [0.25, 0.3) is 0 Å². The molecule has 84 heavy (non-hydrogen) atoms. The van der Waals surface area contributed by atoms with Crippen LogP contribution in [0.5, 0.6) is 0 Å². The third kappa shape index (κ3) is 13.3. The van der Waals surface area contributed by atoms with Gasteiger partial charge in [-0.25, -0.2) is 8.78 Å². The van der Waals surface area contributed by atoms with E-state index in [0.29, 0.717) is 58.8 Å². The molecular weight excluding hydrogens is 1150 g/mol. The van der Waals surface area contributed by atoms with E-state index in [1.165, 1.54) is 12.1 Å². The standard InChI is InChI=1S/C33H44Cl2FN5O2.C32H41Cl2FN4O2/c1-20(2)41-16-14-40(15-17-41)13-7-12-37-30(42)29-27(22-8-6-9-24(35)28(22)36)33(26(39-29)19-32(3,4)5)23-11-10-21(34)18-25(23)38-31(33)43;1-31(2,3)19-26-32(22-12-11-20(33)18-24(22)36-30(32)41)27(21-8-7-9-23(34)28(21)35)29(37-26)25(40)10-5-6-13-39-16-14-38(4)15-17-39/h6,8-11,18,20,26-27,29,39H,7,12-17,19H2,1-5H3,(H,37,42)(H,38,43);7-9,11-12,18,26-27,29,37H,5-6,10,13-17,19H2,1-4H3,(H,36,41)/t26-,27+,29-,33+;26-,27+,29+,32+/m11/s1. The number of piperazine rings is 2. The Hall–Kier alpha value is -4.26. The summed E-state index contributed by atoms with van der Waals surface area (Å²) in [6.45, 7) is 27.8. The van der Waals surface area contributed by atoms with Crippen LogP contribution in [0.4, 0.5) is 20.2 Å². The van der Waals surface area contributed by atoms with Crippen LogP contribution in [0.15, 0.2) is 72.8 Å². The number of unbranched alkanes of at least 4 members (excludes halogenated alkanes) is 1. The Kier molecular flexibility index (Phi) is 20.0. The van der Waals surface area contributed by atoms with E-state index >= 15 is 8.78 Å². The molecule has 3 amide bonds. The van der Waals surface area contributed by atoms with Crippen LogP contribution in [0, 0.1) is 22.5 Å². The number of nitrogens with zero attached hydrogens (tertiary/aromatic N) is 4. The average molecular weight is 1240 g/mol. The molecule has 6 aliphatic heterocycles. The Labute approximate surface area is 516 Å². The minimum absolute atomic E-state index is 0.00116. The fraction of sp³-hybridized carbons (Fsp3) is 0.569. The highest BCUT2D eigenvalue weighted by Crippen LogP contribution is 2.59. The zero-order valence-electron chi connectivity index (χ0n) is 50.2.